The number of rotatable bonds is 2. The highest BCUT2D eigenvalue weighted by atomic mass is 19.4. The Morgan fingerprint density at radius 3 is 2.59 bits per heavy atom. The number of hydrogen-bond acceptors (Lipinski definition) is 5. The van der Waals surface area contributed by atoms with Gasteiger partial charge in [0.05, 0.1) is 5.56 Å². The molecular formula is C14H14F3N3O2. The van der Waals surface area contributed by atoms with Gasteiger partial charge in [0.2, 0.25) is 11.7 Å². The van der Waals surface area contributed by atoms with Crippen LogP contribution in [0.25, 0.3) is 11.4 Å². The van der Waals surface area contributed by atoms with E-state index < -0.39 is 17.3 Å². The summed E-state index contributed by atoms with van der Waals surface area (Å²) in [5, 5.41) is 3.76. The first kappa shape index (κ1) is 15.0. The van der Waals surface area contributed by atoms with Crippen molar-refractivity contribution in [3.63, 3.8) is 0 Å². The molecule has 3 rings (SSSR count). The monoisotopic (exact) mass is 313 g/mol. The number of aromatic nitrogens is 2. The summed E-state index contributed by atoms with van der Waals surface area (Å²) in [7, 11) is 0. The summed E-state index contributed by atoms with van der Waals surface area (Å²) in [6.07, 6.45) is -3.37. The lowest BCUT2D eigenvalue weighted by Crippen LogP contribution is -2.42. The Bertz CT molecular complexity index is 663. The third kappa shape index (κ3) is 2.84. The lowest BCUT2D eigenvalue weighted by molar-refractivity contribution is -0.137. The molecule has 0 unspecified atom stereocenters. The topological polar surface area (TPSA) is 74.2 Å². The lowest BCUT2D eigenvalue weighted by atomic mass is 9.91. The Kier molecular flexibility index (Phi) is 3.65. The molecule has 0 aliphatic carbocycles. The minimum Gasteiger partial charge on any atom is -0.381 e. The Morgan fingerprint density at radius 2 is 1.91 bits per heavy atom. The van der Waals surface area contributed by atoms with Crippen LogP contribution < -0.4 is 5.73 Å². The second-order valence-electron chi connectivity index (χ2n) is 5.27. The summed E-state index contributed by atoms with van der Waals surface area (Å²) < 4.78 is 48.6. The molecule has 1 saturated heterocycles. The predicted molar refractivity (Wildman–Crippen MR) is 70.7 cm³/mol. The highest BCUT2D eigenvalue weighted by Crippen LogP contribution is 2.33. The maximum absolute atomic E-state index is 12.7. The van der Waals surface area contributed by atoms with Crippen molar-refractivity contribution in [3.05, 3.63) is 35.7 Å². The molecule has 0 bridgehead atoms. The van der Waals surface area contributed by atoms with Gasteiger partial charge in [-0.2, -0.15) is 18.2 Å². The third-order valence-corrected chi connectivity index (χ3v) is 3.69. The van der Waals surface area contributed by atoms with Crippen molar-refractivity contribution in [2.75, 3.05) is 13.2 Å². The molecule has 1 aromatic carbocycles. The predicted octanol–water partition coefficient (Wildman–Crippen LogP) is 2.72. The molecule has 2 heterocycles. The van der Waals surface area contributed by atoms with E-state index in [4.69, 9.17) is 15.0 Å². The molecule has 1 fully saturated rings. The van der Waals surface area contributed by atoms with E-state index in [1.54, 1.807) is 0 Å². The quantitative estimate of drug-likeness (QED) is 0.922. The van der Waals surface area contributed by atoms with E-state index in [1.165, 1.54) is 12.1 Å². The fourth-order valence-corrected chi connectivity index (χ4v) is 2.33. The molecule has 2 N–H and O–H groups in total. The van der Waals surface area contributed by atoms with Crippen LogP contribution in [0.2, 0.25) is 0 Å². The number of nitrogens with zero attached hydrogens (tertiary/aromatic N) is 2. The minimum absolute atomic E-state index is 0.0948. The summed E-state index contributed by atoms with van der Waals surface area (Å²) in [5.74, 6) is 0.320. The van der Waals surface area contributed by atoms with Crippen molar-refractivity contribution < 1.29 is 22.4 Å². The maximum atomic E-state index is 12.7. The molecule has 1 aliphatic heterocycles. The number of ether oxygens (including phenoxy) is 1. The van der Waals surface area contributed by atoms with Gasteiger partial charge in [-0.05, 0) is 25.0 Å². The molecule has 0 spiro atoms. The van der Waals surface area contributed by atoms with E-state index in [0.29, 0.717) is 26.1 Å². The average molecular weight is 313 g/mol. The number of benzene rings is 1. The molecule has 5 nitrogen and oxygen atoms in total. The van der Waals surface area contributed by atoms with Gasteiger partial charge in [0.25, 0.3) is 0 Å². The first-order chi connectivity index (χ1) is 10.4. The van der Waals surface area contributed by atoms with Crippen LogP contribution in [0, 0.1) is 0 Å². The summed E-state index contributed by atoms with van der Waals surface area (Å²) >= 11 is 0. The van der Waals surface area contributed by atoms with Crippen molar-refractivity contribution in [2.45, 2.75) is 24.6 Å². The maximum Gasteiger partial charge on any atom is 0.416 e. The van der Waals surface area contributed by atoms with Gasteiger partial charge in [0.1, 0.15) is 5.54 Å². The van der Waals surface area contributed by atoms with E-state index >= 15 is 0 Å². The molecule has 0 radical (unpaired) electrons. The normalized spacial score (nSPS) is 18.4. The van der Waals surface area contributed by atoms with E-state index in [0.717, 1.165) is 12.1 Å². The highest BCUT2D eigenvalue weighted by Gasteiger charge is 2.36. The van der Waals surface area contributed by atoms with E-state index in [9.17, 15) is 13.2 Å². The lowest BCUT2D eigenvalue weighted by Gasteiger charge is -2.29. The average Bonchev–Trinajstić information content (AvgIpc) is 2.98. The van der Waals surface area contributed by atoms with Crippen LogP contribution >= 0.6 is 0 Å². The minimum atomic E-state index is -4.42. The smallest absolute Gasteiger partial charge is 0.381 e. The van der Waals surface area contributed by atoms with Gasteiger partial charge >= 0.3 is 6.18 Å². The van der Waals surface area contributed by atoms with Crippen molar-refractivity contribution >= 4 is 0 Å². The molecule has 118 valence electrons. The molecular weight excluding hydrogens is 299 g/mol. The van der Waals surface area contributed by atoms with Crippen LogP contribution in [0.3, 0.4) is 0 Å². The molecule has 0 amide bonds. The molecule has 1 aromatic heterocycles. The first-order valence-corrected chi connectivity index (χ1v) is 6.77. The van der Waals surface area contributed by atoms with Crippen LogP contribution in [0.1, 0.15) is 24.3 Å². The Labute approximate surface area is 124 Å². The van der Waals surface area contributed by atoms with Gasteiger partial charge in [-0.1, -0.05) is 17.3 Å². The van der Waals surface area contributed by atoms with Gasteiger partial charge in [-0.25, -0.2) is 0 Å². The zero-order chi connectivity index (χ0) is 15.8. The van der Waals surface area contributed by atoms with E-state index in [2.05, 4.69) is 10.1 Å². The van der Waals surface area contributed by atoms with Gasteiger partial charge in [-0.3, -0.25) is 0 Å². The second kappa shape index (κ2) is 5.36. The van der Waals surface area contributed by atoms with Crippen LogP contribution in [-0.2, 0) is 16.5 Å². The number of nitrogens with two attached hydrogens (primary N) is 1. The van der Waals surface area contributed by atoms with Gasteiger partial charge in [0, 0.05) is 18.8 Å². The van der Waals surface area contributed by atoms with Crippen LogP contribution in [0.5, 0.6) is 0 Å². The fourth-order valence-electron chi connectivity index (χ4n) is 2.33. The Balaban J connectivity index is 1.91. The SMILES string of the molecule is NC1(c2nc(-c3cccc(C(F)(F)F)c3)no2)CCOCC1. The van der Waals surface area contributed by atoms with Crippen LogP contribution in [-0.4, -0.2) is 23.4 Å². The fraction of sp³-hybridized carbons (Fsp3) is 0.429. The summed E-state index contributed by atoms with van der Waals surface area (Å²) in [5.41, 5.74) is 4.91. The standard InChI is InChI=1S/C14H14F3N3O2/c15-14(16,17)10-3-1-2-9(8-10)11-19-12(22-20-11)13(18)4-6-21-7-5-13/h1-3,8H,4-7,18H2. The Hall–Kier alpha value is -1.93. The molecule has 0 atom stereocenters. The number of alkyl halides is 3. The van der Waals surface area contributed by atoms with Crippen molar-refractivity contribution in [3.8, 4) is 11.4 Å². The Morgan fingerprint density at radius 1 is 1.18 bits per heavy atom. The van der Waals surface area contributed by atoms with E-state index in [-0.39, 0.29) is 17.3 Å². The molecule has 8 heteroatoms. The second-order valence-corrected chi connectivity index (χ2v) is 5.27. The highest BCUT2D eigenvalue weighted by molar-refractivity contribution is 5.55. The van der Waals surface area contributed by atoms with Gasteiger partial charge < -0.3 is 15.0 Å². The first-order valence-electron chi connectivity index (χ1n) is 6.77. The molecule has 0 saturated carbocycles. The van der Waals surface area contributed by atoms with Gasteiger partial charge in [-0.15, -0.1) is 0 Å². The molecule has 2 aromatic rings. The number of hydrogen-bond donors (Lipinski definition) is 1. The largest absolute Gasteiger partial charge is 0.416 e. The summed E-state index contributed by atoms with van der Waals surface area (Å²) in [6, 6.07) is 4.78. The summed E-state index contributed by atoms with van der Waals surface area (Å²) in [6.45, 7) is 0.968. The third-order valence-electron chi connectivity index (χ3n) is 3.69. The van der Waals surface area contributed by atoms with Crippen LogP contribution in [0.15, 0.2) is 28.8 Å². The number of halogens is 3. The molecule has 1 aliphatic rings. The van der Waals surface area contributed by atoms with Crippen LogP contribution in [0.4, 0.5) is 13.2 Å². The zero-order valence-corrected chi connectivity index (χ0v) is 11.6. The van der Waals surface area contributed by atoms with Crippen molar-refractivity contribution in [1.82, 2.24) is 10.1 Å². The van der Waals surface area contributed by atoms with Gasteiger partial charge in [0.15, 0.2) is 0 Å². The van der Waals surface area contributed by atoms with Crippen molar-refractivity contribution in [2.24, 2.45) is 5.73 Å². The van der Waals surface area contributed by atoms with E-state index in [1.807, 2.05) is 0 Å². The molecule has 22 heavy (non-hydrogen) atoms. The zero-order valence-electron chi connectivity index (χ0n) is 11.6. The summed E-state index contributed by atoms with van der Waals surface area (Å²) in [4.78, 5) is 4.17. The van der Waals surface area contributed by atoms with Crippen molar-refractivity contribution in [1.29, 1.82) is 0 Å².